The number of amides is 1. The fraction of sp³-hybridized carbons (Fsp3) is 0.320. The predicted molar refractivity (Wildman–Crippen MR) is 122 cm³/mol. The number of nitrogens with zero attached hydrogens (tertiary/aromatic N) is 3. The van der Waals surface area contributed by atoms with Crippen LogP contribution in [0.1, 0.15) is 34.6 Å². The van der Waals surface area contributed by atoms with Crippen molar-refractivity contribution in [3.05, 3.63) is 75.4 Å². The molecule has 2 spiro atoms. The quantitative estimate of drug-likeness (QED) is 0.586. The summed E-state index contributed by atoms with van der Waals surface area (Å²) in [6.45, 7) is 1.91. The number of halogens is 2. The lowest BCUT2D eigenvalue weighted by molar-refractivity contribution is -0.135. The van der Waals surface area contributed by atoms with Crippen LogP contribution in [0.25, 0.3) is 11.1 Å². The molecule has 2 aliphatic carbocycles. The lowest BCUT2D eigenvalue weighted by Gasteiger charge is -2.43. The number of carbonyl (C=O) groups is 1. The highest BCUT2D eigenvalue weighted by molar-refractivity contribution is 6.30. The number of hydrogen-bond acceptors (Lipinski definition) is 5. The van der Waals surface area contributed by atoms with Gasteiger partial charge in [-0.2, -0.15) is 0 Å². The fourth-order valence-electron chi connectivity index (χ4n) is 6.01. The summed E-state index contributed by atoms with van der Waals surface area (Å²) >= 11 is 6.11. The molecule has 3 aromatic rings. The van der Waals surface area contributed by atoms with Crippen molar-refractivity contribution in [3.63, 3.8) is 0 Å². The normalized spacial score (nSPS) is 25.6. The van der Waals surface area contributed by atoms with Crippen molar-refractivity contribution in [1.29, 1.82) is 0 Å². The minimum Gasteiger partial charge on any atom is -0.369 e. The Morgan fingerprint density at radius 1 is 1.18 bits per heavy atom. The average Bonchev–Trinajstić information content (AvgIpc) is 3.35. The van der Waals surface area contributed by atoms with E-state index in [0.29, 0.717) is 29.8 Å². The number of carbonyl (C=O) groups excluding carboxylic acids is 1. The molecule has 6 nitrogen and oxygen atoms in total. The topological polar surface area (TPSA) is 84.7 Å². The molecule has 1 amide bonds. The van der Waals surface area contributed by atoms with Crippen molar-refractivity contribution in [2.75, 3.05) is 7.05 Å². The highest BCUT2D eigenvalue weighted by atomic mass is 35.5. The highest BCUT2D eigenvalue weighted by Crippen LogP contribution is 2.61. The Balaban J connectivity index is 1.57. The van der Waals surface area contributed by atoms with Crippen LogP contribution in [0.2, 0.25) is 5.02 Å². The number of guanidine groups is 1. The zero-order valence-corrected chi connectivity index (χ0v) is 19.0. The smallest absolute Gasteiger partial charge is 0.262 e. The van der Waals surface area contributed by atoms with Gasteiger partial charge in [-0.05, 0) is 79.1 Å². The number of likely N-dealkylation sites (N-methyl/N-ethyl adjacent to an activating group) is 1. The van der Waals surface area contributed by atoms with Crippen LogP contribution in [0.3, 0.4) is 0 Å². The first-order valence-corrected chi connectivity index (χ1v) is 11.3. The second-order valence-corrected chi connectivity index (χ2v) is 9.81. The molecular weight excluding hydrogens is 443 g/mol. The van der Waals surface area contributed by atoms with Gasteiger partial charge in [-0.1, -0.05) is 28.9 Å². The van der Waals surface area contributed by atoms with Gasteiger partial charge in [-0.15, -0.1) is 0 Å². The lowest BCUT2D eigenvalue weighted by Crippen LogP contribution is -2.51. The van der Waals surface area contributed by atoms with E-state index in [2.05, 4.69) is 5.16 Å². The van der Waals surface area contributed by atoms with E-state index >= 15 is 0 Å². The molecule has 8 heteroatoms. The molecule has 2 N–H and O–H groups in total. The van der Waals surface area contributed by atoms with Gasteiger partial charge in [-0.3, -0.25) is 9.69 Å². The Hall–Kier alpha value is -3.19. The van der Waals surface area contributed by atoms with Crippen molar-refractivity contribution in [2.45, 2.75) is 38.1 Å². The zero-order chi connectivity index (χ0) is 23.1. The molecule has 168 valence electrons. The van der Waals surface area contributed by atoms with Gasteiger partial charge in [0.2, 0.25) is 0 Å². The minimum atomic E-state index is -1.14. The van der Waals surface area contributed by atoms with Crippen molar-refractivity contribution in [1.82, 2.24) is 10.1 Å². The van der Waals surface area contributed by atoms with Crippen LogP contribution in [0.5, 0.6) is 0 Å². The summed E-state index contributed by atoms with van der Waals surface area (Å²) in [5.74, 6) is 0.442. The van der Waals surface area contributed by atoms with Gasteiger partial charge in [0.1, 0.15) is 11.6 Å². The second-order valence-electron chi connectivity index (χ2n) is 9.37. The van der Waals surface area contributed by atoms with Gasteiger partial charge in [0, 0.05) is 23.0 Å². The maximum absolute atomic E-state index is 14.1. The van der Waals surface area contributed by atoms with E-state index in [1.165, 1.54) is 17.0 Å². The summed E-state index contributed by atoms with van der Waals surface area (Å²) in [5.41, 5.74) is 9.92. The SMILES string of the molecule is Cc1onc2c1CC1(CC2)Cc2ccc(-c3cc(F)cc(Cl)c3)cc2C12N=C(N)N(C)C2=O. The van der Waals surface area contributed by atoms with Crippen LogP contribution >= 0.6 is 11.6 Å². The monoisotopic (exact) mass is 464 g/mol. The van der Waals surface area contributed by atoms with Crippen LogP contribution in [0.15, 0.2) is 45.9 Å². The van der Waals surface area contributed by atoms with E-state index in [4.69, 9.17) is 26.9 Å². The highest BCUT2D eigenvalue weighted by Gasteiger charge is 2.66. The number of rotatable bonds is 1. The summed E-state index contributed by atoms with van der Waals surface area (Å²) in [6, 6.07) is 10.4. The standard InChI is InChI=1S/C25H22ClFN4O2/c1-13-19-12-24(6-5-21(19)30-33-13)11-15-4-3-14(16-7-17(26)10-18(27)8-16)9-20(15)25(24)22(32)31(2)23(28)29-25/h3-4,7-10H,5-6,11-12H2,1-2H3,(H2,28,29). The third kappa shape index (κ3) is 2.63. The van der Waals surface area contributed by atoms with Crippen LogP contribution in [0, 0.1) is 18.2 Å². The fourth-order valence-corrected chi connectivity index (χ4v) is 6.23. The zero-order valence-electron chi connectivity index (χ0n) is 18.3. The molecule has 0 bridgehead atoms. The summed E-state index contributed by atoms with van der Waals surface area (Å²) in [5, 5.41) is 4.53. The summed E-state index contributed by atoms with van der Waals surface area (Å²) < 4.78 is 19.5. The summed E-state index contributed by atoms with van der Waals surface area (Å²) in [7, 11) is 1.66. The van der Waals surface area contributed by atoms with E-state index in [-0.39, 0.29) is 11.9 Å². The molecule has 2 aromatic carbocycles. The molecule has 0 saturated carbocycles. The maximum atomic E-state index is 14.1. The first-order chi connectivity index (χ1) is 15.7. The summed E-state index contributed by atoms with van der Waals surface area (Å²) in [4.78, 5) is 20.2. The summed E-state index contributed by atoms with van der Waals surface area (Å²) in [6.07, 6.45) is 2.76. The molecule has 0 fully saturated rings. The third-order valence-electron chi connectivity index (χ3n) is 7.65. The average molecular weight is 465 g/mol. The predicted octanol–water partition coefficient (Wildman–Crippen LogP) is 4.16. The molecule has 0 radical (unpaired) electrons. The lowest BCUT2D eigenvalue weighted by atomic mass is 9.61. The number of aliphatic imine (C=N–C) groups is 1. The van der Waals surface area contributed by atoms with Gasteiger partial charge in [0.15, 0.2) is 11.5 Å². The van der Waals surface area contributed by atoms with Gasteiger partial charge < -0.3 is 10.3 Å². The van der Waals surface area contributed by atoms with Crippen molar-refractivity contribution < 1.29 is 13.7 Å². The van der Waals surface area contributed by atoms with Crippen molar-refractivity contribution >= 4 is 23.5 Å². The number of benzene rings is 2. The van der Waals surface area contributed by atoms with E-state index in [0.717, 1.165) is 40.1 Å². The van der Waals surface area contributed by atoms with Crippen LogP contribution < -0.4 is 5.73 Å². The number of hydrogen-bond donors (Lipinski definition) is 1. The number of fused-ring (bicyclic) bond motifs is 4. The van der Waals surface area contributed by atoms with Gasteiger partial charge in [0.25, 0.3) is 5.91 Å². The number of nitrogens with two attached hydrogens (primary N) is 1. The van der Waals surface area contributed by atoms with Crippen molar-refractivity contribution in [3.8, 4) is 11.1 Å². The van der Waals surface area contributed by atoms with Gasteiger partial charge >= 0.3 is 0 Å². The Morgan fingerprint density at radius 3 is 2.73 bits per heavy atom. The molecule has 2 atom stereocenters. The largest absolute Gasteiger partial charge is 0.369 e. The minimum absolute atomic E-state index is 0.134. The maximum Gasteiger partial charge on any atom is 0.262 e. The molecular formula is C25H22ClFN4O2. The number of aromatic nitrogens is 1. The Labute approximate surface area is 195 Å². The molecule has 2 unspecified atom stereocenters. The third-order valence-corrected chi connectivity index (χ3v) is 7.87. The van der Waals surface area contributed by atoms with Crippen molar-refractivity contribution in [2.24, 2.45) is 16.1 Å². The van der Waals surface area contributed by atoms with E-state index in [1.54, 1.807) is 13.1 Å². The van der Waals surface area contributed by atoms with Gasteiger partial charge in [-0.25, -0.2) is 9.38 Å². The molecule has 2 heterocycles. The number of aryl methyl sites for hydroxylation is 2. The first-order valence-electron chi connectivity index (χ1n) is 10.9. The molecule has 3 aliphatic rings. The van der Waals surface area contributed by atoms with E-state index in [9.17, 15) is 9.18 Å². The molecule has 6 rings (SSSR count). The van der Waals surface area contributed by atoms with Crippen LogP contribution in [0.4, 0.5) is 4.39 Å². The molecule has 1 aromatic heterocycles. The van der Waals surface area contributed by atoms with Gasteiger partial charge in [0.05, 0.1) is 5.69 Å². The van der Waals surface area contributed by atoms with E-state index < -0.39 is 16.8 Å². The molecule has 1 aliphatic heterocycles. The van der Waals surface area contributed by atoms with Crippen LogP contribution in [-0.2, 0) is 29.6 Å². The molecule has 0 saturated heterocycles. The van der Waals surface area contributed by atoms with Crippen LogP contribution in [-0.4, -0.2) is 29.0 Å². The van der Waals surface area contributed by atoms with E-state index in [1.807, 2.05) is 25.1 Å². The Kier molecular flexibility index (Phi) is 4.13. The molecule has 33 heavy (non-hydrogen) atoms. The Bertz CT molecular complexity index is 1360. The second kappa shape index (κ2) is 6.67. The first kappa shape index (κ1) is 20.4. The Morgan fingerprint density at radius 2 is 2.00 bits per heavy atom.